The SMILES string of the molecule is CC(C)CN(C(=O)CSc1nc2cc(Cl)ccc2n1C)[C@H]1CCS(=O)(=O)C1. The highest BCUT2D eigenvalue weighted by molar-refractivity contribution is 7.99. The normalized spacial score (nSPS) is 19.1. The van der Waals surface area contributed by atoms with Crippen LogP contribution in [0.2, 0.25) is 5.02 Å². The molecule has 2 aromatic rings. The number of aryl methyl sites for hydroxylation is 1. The first-order valence-electron chi connectivity index (χ1n) is 8.91. The molecule has 0 saturated carbocycles. The zero-order valence-electron chi connectivity index (χ0n) is 15.7. The Labute approximate surface area is 169 Å². The van der Waals surface area contributed by atoms with Gasteiger partial charge in [0, 0.05) is 24.7 Å². The van der Waals surface area contributed by atoms with Gasteiger partial charge in [0.25, 0.3) is 0 Å². The van der Waals surface area contributed by atoms with E-state index in [9.17, 15) is 13.2 Å². The van der Waals surface area contributed by atoms with Gasteiger partial charge in [-0.15, -0.1) is 0 Å². The van der Waals surface area contributed by atoms with Gasteiger partial charge in [0.2, 0.25) is 5.91 Å². The van der Waals surface area contributed by atoms with E-state index in [0.717, 1.165) is 16.2 Å². The van der Waals surface area contributed by atoms with Crippen LogP contribution in [0.25, 0.3) is 11.0 Å². The summed E-state index contributed by atoms with van der Waals surface area (Å²) in [6, 6.07) is 5.31. The number of benzene rings is 1. The van der Waals surface area contributed by atoms with Crippen molar-refractivity contribution in [3.05, 3.63) is 23.2 Å². The average Bonchev–Trinajstić information content (AvgIpc) is 3.09. The van der Waals surface area contributed by atoms with E-state index in [0.29, 0.717) is 18.0 Å². The van der Waals surface area contributed by atoms with Gasteiger partial charge in [-0.1, -0.05) is 37.2 Å². The zero-order valence-corrected chi connectivity index (χ0v) is 18.1. The number of hydrogen-bond donors (Lipinski definition) is 0. The molecule has 0 unspecified atom stereocenters. The standard InChI is InChI=1S/C18H24ClN3O3S2/c1-12(2)9-22(14-6-7-27(24,25)11-14)17(23)10-26-18-20-15-8-13(19)4-5-16(15)21(18)3/h4-5,8,12,14H,6-7,9-11H2,1-3H3/t14-/m0/s1. The van der Waals surface area contributed by atoms with Crippen LogP contribution in [-0.2, 0) is 21.7 Å². The van der Waals surface area contributed by atoms with Crippen molar-refractivity contribution in [2.24, 2.45) is 13.0 Å². The lowest BCUT2D eigenvalue weighted by molar-refractivity contribution is -0.130. The van der Waals surface area contributed by atoms with Gasteiger partial charge < -0.3 is 9.47 Å². The molecule has 0 N–H and O–H groups in total. The van der Waals surface area contributed by atoms with Gasteiger partial charge in [-0.25, -0.2) is 13.4 Å². The number of amides is 1. The molecule has 0 radical (unpaired) electrons. The maximum absolute atomic E-state index is 12.9. The van der Waals surface area contributed by atoms with Crippen LogP contribution >= 0.6 is 23.4 Å². The predicted molar refractivity (Wildman–Crippen MR) is 110 cm³/mol. The minimum absolute atomic E-state index is 0.0408. The predicted octanol–water partition coefficient (Wildman–Crippen LogP) is 2.99. The smallest absolute Gasteiger partial charge is 0.233 e. The Bertz CT molecular complexity index is 956. The quantitative estimate of drug-likeness (QED) is 0.660. The highest BCUT2D eigenvalue weighted by Crippen LogP contribution is 2.26. The van der Waals surface area contributed by atoms with Crippen LogP contribution in [0.4, 0.5) is 0 Å². The Kier molecular flexibility index (Phi) is 6.08. The molecule has 1 aliphatic rings. The second kappa shape index (κ2) is 8.01. The molecule has 148 valence electrons. The number of fused-ring (bicyclic) bond motifs is 1. The maximum Gasteiger partial charge on any atom is 0.233 e. The van der Waals surface area contributed by atoms with E-state index in [1.165, 1.54) is 11.8 Å². The van der Waals surface area contributed by atoms with Crippen LogP contribution in [0.5, 0.6) is 0 Å². The number of halogens is 1. The van der Waals surface area contributed by atoms with Crippen molar-refractivity contribution in [2.75, 3.05) is 23.8 Å². The number of aromatic nitrogens is 2. The largest absolute Gasteiger partial charge is 0.338 e. The van der Waals surface area contributed by atoms with Gasteiger partial charge in [0.05, 0.1) is 28.3 Å². The Morgan fingerprint density at radius 3 is 2.81 bits per heavy atom. The molecule has 0 bridgehead atoms. The maximum atomic E-state index is 12.9. The van der Waals surface area contributed by atoms with Gasteiger partial charge in [0.15, 0.2) is 15.0 Å². The average molecular weight is 430 g/mol. The molecule has 3 rings (SSSR count). The summed E-state index contributed by atoms with van der Waals surface area (Å²) in [6.07, 6.45) is 0.524. The molecule has 9 heteroatoms. The molecule has 0 aliphatic carbocycles. The van der Waals surface area contributed by atoms with E-state index in [-0.39, 0.29) is 35.1 Å². The third kappa shape index (κ3) is 4.78. The number of hydrogen-bond acceptors (Lipinski definition) is 5. The summed E-state index contributed by atoms with van der Waals surface area (Å²) < 4.78 is 25.6. The number of thioether (sulfide) groups is 1. The second-order valence-corrected chi connectivity index (χ2v) is 11.0. The van der Waals surface area contributed by atoms with E-state index >= 15 is 0 Å². The Balaban J connectivity index is 1.73. The first kappa shape index (κ1) is 20.5. The highest BCUT2D eigenvalue weighted by atomic mass is 35.5. The zero-order chi connectivity index (χ0) is 19.8. The van der Waals surface area contributed by atoms with Gasteiger partial charge in [0.1, 0.15) is 0 Å². The van der Waals surface area contributed by atoms with Crippen molar-refractivity contribution in [1.82, 2.24) is 14.5 Å². The lowest BCUT2D eigenvalue weighted by atomic mass is 10.1. The van der Waals surface area contributed by atoms with E-state index in [1.54, 1.807) is 11.0 Å². The molecule has 1 atom stereocenters. The summed E-state index contributed by atoms with van der Waals surface area (Å²) in [4.78, 5) is 19.2. The fraction of sp³-hybridized carbons (Fsp3) is 0.556. The number of carbonyl (C=O) groups is 1. The first-order chi connectivity index (χ1) is 12.7. The van der Waals surface area contributed by atoms with Crippen molar-refractivity contribution >= 4 is 50.1 Å². The van der Waals surface area contributed by atoms with Crippen LogP contribution < -0.4 is 0 Å². The van der Waals surface area contributed by atoms with E-state index < -0.39 is 9.84 Å². The molecule has 6 nitrogen and oxygen atoms in total. The van der Waals surface area contributed by atoms with Crippen LogP contribution in [0.3, 0.4) is 0 Å². The van der Waals surface area contributed by atoms with Gasteiger partial charge in [-0.3, -0.25) is 4.79 Å². The number of sulfone groups is 1. The number of imidazole rings is 1. The molecular weight excluding hydrogens is 406 g/mol. The van der Waals surface area contributed by atoms with Crippen molar-refractivity contribution in [3.63, 3.8) is 0 Å². The minimum Gasteiger partial charge on any atom is -0.338 e. The number of nitrogens with zero attached hydrogens (tertiary/aromatic N) is 3. The van der Waals surface area contributed by atoms with Gasteiger partial charge >= 0.3 is 0 Å². The van der Waals surface area contributed by atoms with E-state index in [1.807, 2.05) is 37.6 Å². The van der Waals surface area contributed by atoms with Gasteiger partial charge in [-0.05, 0) is 30.5 Å². The molecule has 2 heterocycles. The lowest BCUT2D eigenvalue weighted by Gasteiger charge is -2.29. The Morgan fingerprint density at radius 1 is 1.44 bits per heavy atom. The topological polar surface area (TPSA) is 72.3 Å². The molecule has 1 amide bonds. The summed E-state index contributed by atoms with van der Waals surface area (Å²) in [5.41, 5.74) is 1.75. The molecule has 1 aliphatic heterocycles. The van der Waals surface area contributed by atoms with E-state index in [4.69, 9.17) is 11.6 Å². The molecule has 0 spiro atoms. The number of rotatable bonds is 6. The summed E-state index contributed by atoms with van der Waals surface area (Å²) in [5.74, 6) is 0.703. The van der Waals surface area contributed by atoms with Crippen LogP contribution in [0.1, 0.15) is 20.3 Å². The van der Waals surface area contributed by atoms with Crippen molar-refractivity contribution in [2.45, 2.75) is 31.5 Å². The lowest BCUT2D eigenvalue weighted by Crippen LogP contribution is -2.44. The summed E-state index contributed by atoms with van der Waals surface area (Å²) in [6.45, 7) is 4.63. The van der Waals surface area contributed by atoms with Gasteiger partial charge in [-0.2, -0.15) is 0 Å². The van der Waals surface area contributed by atoms with Crippen LogP contribution in [0, 0.1) is 5.92 Å². The molecule has 1 aromatic carbocycles. The van der Waals surface area contributed by atoms with E-state index in [2.05, 4.69) is 4.98 Å². The Hall–Kier alpha value is -1.25. The Morgan fingerprint density at radius 2 is 2.19 bits per heavy atom. The van der Waals surface area contributed by atoms with Crippen molar-refractivity contribution in [3.8, 4) is 0 Å². The first-order valence-corrected chi connectivity index (χ1v) is 12.1. The third-order valence-corrected chi connectivity index (χ3v) is 7.66. The minimum atomic E-state index is -3.03. The second-order valence-electron chi connectivity index (χ2n) is 7.37. The summed E-state index contributed by atoms with van der Waals surface area (Å²) in [5, 5.41) is 1.36. The molecular formula is C18H24ClN3O3S2. The fourth-order valence-electron chi connectivity index (χ4n) is 3.36. The monoisotopic (exact) mass is 429 g/mol. The molecule has 27 heavy (non-hydrogen) atoms. The van der Waals surface area contributed by atoms with Crippen LogP contribution in [-0.4, -0.2) is 58.6 Å². The molecule has 1 saturated heterocycles. The molecule has 1 fully saturated rings. The highest BCUT2D eigenvalue weighted by Gasteiger charge is 2.34. The van der Waals surface area contributed by atoms with Crippen molar-refractivity contribution < 1.29 is 13.2 Å². The van der Waals surface area contributed by atoms with Crippen LogP contribution in [0.15, 0.2) is 23.4 Å². The molecule has 1 aromatic heterocycles. The number of carbonyl (C=O) groups excluding carboxylic acids is 1. The third-order valence-electron chi connectivity index (χ3n) is 4.66. The fourth-order valence-corrected chi connectivity index (χ4v) is 6.13. The summed E-state index contributed by atoms with van der Waals surface area (Å²) in [7, 11) is -1.13. The van der Waals surface area contributed by atoms with Crippen molar-refractivity contribution in [1.29, 1.82) is 0 Å². The summed E-state index contributed by atoms with van der Waals surface area (Å²) >= 11 is 7.40.